The molecule has 0 radical (unpaired) electrons. The van der Waals surface area contributed by atoms with Gasteiger partial charge in [-0.3, -0.25) is 9.59 Å². The van der Waals surface area contributed by atoms with Crippen LogP contribution >= 0.6 is 0 Å². The highest BCUT2D eigenvalue weighted by Crippen LogP contribution is 2.37. The van der Waals surface area contributed by atoms with Gasteiger partial charge >= 0.3 is 5.90 Å². The van der Waals surface area contributed by atoms with E-state index in [4.69, 9.17) is 9.83 Å². The maximum absolute atomic E-state index is 14.2. The molecule has 0 spiro atoms. The van der Waals surface area contributed by atoms with Crippen LogP contribution in [0.15, 0.2) is 59.6 Å². The first-order valence-electron chi connectivity index (χ1n) is 14.2. The zero-order valence-corrected chi connectivity index (χ0v) is 22.2. The van der Waals surface area contributed by atoms with Gasteiger partial charge in [-0.25, -0.2) is 4.99 Å². The topological polar surface area (TPSA) is 74.0 Å². The van der Waals surface area contributed by atoms with Crippen LogP contribution in [0.4, 0.5) is 5.69 Å². The number of aliphatic imine (C=N–C) groups is 1. The highest BCUT2D eigenvalue weighted by molar-refractivity contribution is 6.17. The Morgan fingerprint density at radius 1 is 1.00 bits per heavy atom. The number of hydrogen-bond donors (Lipinski definition) is 1. The van der Waals surface area contributed by atoms with Crippen LogP contribution in [0.25, 0.3) is 0 Å². The molecule has 2 saturated carbocycles. The molecule has 4 aliphatic rings. The van der Waals surface area contributed by atoms with Crippen LogP contribution in [-0.4, -0.2) is 51.8 Å². The lowest BCUT2D eigenvalue weighted by atomic mass is 9.80. The molecule has 38 heavy (non-hydrogen) atoms. The second-order valence-electron chi connectivity index (χ2n) is 11.2. The molecule has 2 aromatic rings. The Bertz CT molecular complexity index is 1270. The lowest BCUT2D eigenvalue weighted by Gasteiger charge is -2.43. The van der Waals surface area contributed by atoms with Gasteiger partial charge in [0.1, 0.15) is 12.6 Å². The van der Waals surface area contributed by atoms with Crippen molar-refractivity contribution in [3.8, 4) is 0 Å². The van der Waals surface area contributed by atoms with E-state index in [1.165, 1.54) is 30.7 Å². The smallest absolute Gasteiger partial charge is 0.342 e. The van der Waals surface area contributed by atoms with Crippen LogP contribution < -0.4 is 5.32 Å². The number of para-hydroxylation sites is 1. The fourth-order valence-corrected chi connectivity index (χ4v) is 6.57. The number of rotatable bonds is 6. The van der Waals surface area contributed by atoms with Crippen LogP contribution in [-0.2, 0) is 14.4 Å². The first-order chi connectivity index (χ1) is 18.6. The molecule has 7 heteroatoms. The van der Waals surface area contributed by atoms with E-state index in [1.807, 2.05) is 60.2 Å². The summed E-state index contributed by atoms with van der Waals surface area (Å²) in [6, 6.07) is 18.2. The fraction of sp³-hybridized carbons (Fsp3) is 0.484. The zero-order chi connectivity index (χ0) is 26.1. The number of carbonyl (C=O) groups excluding carboxylic acids is 2. The summed E-state index contributed by atoms with van der Waals surface area (Å²) in [6.45, 7) is 0. The van der Waals surface area contributed by atoms with Crippen molar-refractivity contribution >= 4 is 29.1 Å². The lowest BCUT2D eigenvalue weighted by molar-refractivity contribution is -0.440. The normalized spacial score (nSPS) is 22.4. The third kappa shape index (κ3) is 4.52. The number of benzene rings is 2. The summed E-state index contributed by atoms with van der Waals surface area (Å²) in [4.78, 5) is 38.5. The van der Waals surface area contributed by atoms with Gasteiger partial charge < -0.3 is 10.2 Å². The minimum atomic E-state index is -0.934. The SMILES string of the molecule is C[N+]1=C2ON(C(=O)C3(NC(=O)CCC4CCCC4)CCCCC3)[C@@H]2N=C(c2ccccc2)c2ccccc21. The molecule has 2 aliphatic heterocycles. The maximum Gasteiger partial charge on any atom is 0.416 e. The second-order valence-corrected chi connectivity index (χ2v) is 11.2. The second kappa shape index (κ2) is 10.4. The molecule has 0 unspecified atom stereocenters. The van der Waals surface area contributed by atoms with Crippen LogP contribution in [0.3, 0.4) is 0 Å². The summed E-state index contributed by atoms with van der Waals surface area (Å²) in [5.74, 6) is 1.06. The highest BCUT2D eigenvalue weighted by atomic mass is 16.7. The van der Waals surface area contributed by atoms with Crippen LogP contribution in [0.5, 0.6) is 0 Å². The van der Waals surface area contributed by atoms with Crippen molar-refractivity contribution in [2.45, 2.75) is 82.3 Å². The van der Waals surface area contributed by atoms with Gasteiger partial charge in [0.15, 0.2) is 0 Å². The summed E-state index contributed by atoms with van der Waals surface area (Å²) in [6.07, 6.45) is 9.95. The van der Waals surface area contributed by atoms with E-state index in [0.29, 0.717) is 31.1 Å². The molecule has 1 saturated heterocycles. The summed E-state index contributed by atoms with van der Waals surface area (Å²) in [7, 11) is 1.95. The molecule has 2 amide bonds. The molecule has 198 valence electrons. The van der Waals surface area contributed by atoms with Crippen molar-refractivity contribution in [2.24, 2.45) is 10.9 Å². The minimum Gasteiger partial charge on any atom is -0.342 e. The average Bonchev–Trinajstić information content (AvgIpc) is 3.44. The van der Waals surface area contributed by atoms with Crippen LogP contribution in [0.1, 0.15) is 81.8 Å². The molecule has 3 fully saturated rings. The van der Waals surface area contributed by atoms with Crippen molar-refractivity contribution in [1.29, 1.82) is 0 Å². The molecule has 7 nitrogen and oxygen atoms in total. The Morgan fingerprint density at radius 2 is 1.71 bits per heavy atom. The number of hydroxylamine groups is 2. The van der Waals surface area contributed by atoms with Gasteiger partial charge in [-0.05, 0) is 31.2 Å². The largest absolute Gasteiger partial charge is 0.416 e. The van der Waals surface area contributed by atoms with E-state index < -0.39 is 11.7 Å². The minimum absolute atomic E-state index is 0.0178. The number of fused-ring (bicyclic) bond motifs is 2. The van der Waals surface area contributed by atoms with E-state index in [-0.39, 0.29) is 11.8 Å². The zero-order valence-electron chi connectivity index (χ0n) is 22.2. The molecule has 0 bridgehead atoms. The van der Waals surface area contributed by atoms with E-state index in [1.54, 1.807) is 0 Å². The predicted octanol–water partition coefficient (Wildman–Crippen LogP) is 5.10. The van der Waals surface area contributed by atoms with Crippen molar-refractivity contribution in [3.63, 3.8) is 0 Å². The van der Waals surface area contributed by atoms with E-state index in [2.05, 4.69) is 11.4 Å². The molecule has 2 aromatic carbocycles. The Labute approximate surface area is 224 Å². The summed E-state index contributed by atoms with van der Waals surface area (Å²) >= 11 is 0. The monoisotopic (exact) mass is 513 g/mol. The Hall–Kier alpha value is -3.48. The van der Waals surface area contributed by atoms with Crippen molar-refractivity contribution in [2.75, 3.05) is 7.05 Å². The third-order valence-corrected chi connectivity index (χ3v) is 8.73. The molecule has 2 aliphatic carbocycles. The fourth-order valence-electron chi connectivity index (χ4n) is 6.57. The van der Waals surface area contributed by atoms with Gasteiger partial charge in [0.05, 0.1) is 11.3 Å². The lowest BCUT2D eigenvalue weighted by Crippen LogP contribution is -2.68. The van der Waals surface area contributed by atoms with Crippen molar-refractivity contribution in [1.82, 2.24) is 10.4 Å². The number of hydrogen-bond acceptors (Lipinski definition) is 4. The van der Waals surface area contributed by atoms with Gasteiger partial charge in [-0.15, -0.1) is 5.06 Å². The molecule has 2 heterocycles. The van der Waals surface area contributed by atoms with E-state index in [9.17, 15) is 9.59 Å². The van der Waals surface area contributed by atoms with Crippen molar-refractivity contribution < 1.29 is 19.0 Å². The van der Waals surface area contributed by atoms with E-state index >= 15 is 0 Å². The summed E-state index contributed by atoms with van der Waals surface area (Å²) in [5.41, 5.74) is 2.85. The van der Waals surface area contributed by atoms with Crippen molar-refractivity contribution in [3.05, 3.63) is 65.7 Å². The Balaban J connectivity index is 1.29. The Kier molecular flexibility index (Phi) is 6.76. The first-order valence-corrected chi connectivity index (χ1v) is 14.2. The standard InChI is InChI=1S/C31H36N4O3/c1-34-25-17-9-8-16-24(25)27(23-14-4-2-5-15-23)32-28-29(34)38-35(28)30(37)31(20-10-3-11-21-31)33-26(36)19-18-22-12-6-7-13-22/h2,4-5,8-9,14-17,22,28H,3,6-7,10-13,18-21H2,1H3/p+1/t28-/m0/s1. The quantitative estimate of drug-likeness (QED) is 0.546. The van der Waals surface area contributed by atoms with E-state index in [0.717, 1.165) is 48.2 Å². The van der Waals surface area contributed by atoms with Gasteiger partial charge in [-0.2, -0.15) is 4.58 Å². The average molecular weight is 514 g/mol. The summed E-state index contributed by atoms with van der Waals surface area (Å²) < 4.78 is 1.98. The molecule has 0 aromatic heterocycles. The predicted molar refractivity (Wildman–Crippen MR) is 146 cm³/mol. The number of nitrogens with zero attached hydrogens (tertiary/aromatic N) is 3. The molecule has 1 atom stereocenters. The maximum atomic E-state index is 14.2. The van der Waals surface area contributed by atoms with Gasteiger partial charge in [-0.1, -0.05) is 87.4 Å². The molecular formula is C31H37N4O3+. The number of carbonyl (C=O) groups is 2. The first kappa shape index (κ1) is 24.8. The number of nitrogens with one attached hydrogen (secondary N) is 1. The Morgan fingerprint density at radius 3 is 2.47 bits per heavy atom. The number of amides is 2. The molecule has 1 N–H and O–H groups in total. The van der Waals surface area contributed by atoms with Gasteiger partial charge in [0.25, 0.3) is 12.1 Å². The third-order valence-electron chi connectivity index (χ3n) is 8.73. The molecule has 6 rings (SSSR count). The molecular weight excluding hydrogens is 476 g/mol. The van der Waals surface area contributed by atoms with Crippen LogP contribution in [0.2, 0.25) is 0 Å². The summed E-state index contributed by atoms with van der Waals surface area (Å²) in [5, 5.41) is 4.61. The highest BCUT2D eigenvalue weighted by Gasteiger charge is 2.56. The van der Waals surface area contributed by atoms with Crippen LogP contribution in [0, 0.1) is 5.92 Å². The van der Waals surface area contributed by atoms with Gasteiger partial charge in [0, 0.05) is 18.1 Å². The van der Waals surface area contributed by atoms with Gasteiger partial charge in [0.2, 0.25) is 11.6 Å².